The second kappa shape index (κ2) is 5.63. The Morgan fingerprint density at radius 1 is 1.24 bits per heavy atom. The van der Waals surface area contributed by atoms with Gasteiger partial charge in [0.1, 0.15) is 17.0 Å². The van der Waals surface area contributed by atoms with E-state index in [-0.39, 0.29) is 18.4 Å². The monoisotopic (exact) mass is 292 g/mol. The van der Waals surface area contributed by atoms with Crippen LogP contribution in [0.25, 0.3) is 0 Å². The molecule has 0 aliphatic carbocycles. The molecule has 0 spiro atoms. The normalized spacial score (nSPS) is 17.4. The molecule has 1 heterocycles. The van der Waals surface area contributed by atoms with E-state index in [0.717, 1.165) is 5.56 Å². The zero-order valence-corrected chi connectivity index (χ0v) is 12.7. The molecule has 1 aliphatic heterocycles. The number of nitrogens with zero attached hydrogens (tertiary/aromatic N) is 1. The van der Waals surface area contributed by atoms with Gasteiger partial charge in [-0.2, -0.15) is 0 Å². The maximum atomic E-state index is 12.4. The SMILES string of the molecule is COc1ccc(CN2CC(=O)NC(C)(C)C2=O)c(OC)c1. The molecular weight excluding hydrogens is 272 g/mol. The van der Waals surface area contributed by atoms with Gasteiger partial charge in [-0.05, 0) is 26.0 Å². The lowest BCUT2D eigenvalue weighted by molar-refractivity contribution is -0.148. The van der Waals surface area contributed by atoms with Gasteiger partial charge in [0, 0.05) is 18.2 Å². The summed E-state index contributed by atoms with van der Waals surface area (Å²) in [5.41, 5.74) is -0.0492. The second-order valence-corrected chi connectivity index (χ2v) is 5.51. The largest absolute Gasteiger partial charge is 0.497 e. The molecule has 114 valence electrons. The first-order valence-electron chi connectivity index (χ1n) is 6.68. The highest BCUT2D eigenvalue weighted by molar-refractivity contribution is 5.97. The van der Waals surface area contributed by atoms with Crippen LogP contribution in [0.2, 0.25) is 0 Å². The summed E-state index contributed by atoms with van der Waals surface area (Å²) < 4.78 is 10.5. The average molecular weight is 292 g/mol. The number of hydrogen-bond donors (Lipinski definition) is 1. The van der Waals surface area contributed by atoms with Crippen LogP contribution in [0.4, 0.5) is 0 Å². The van der Waals surface area contributed by atoms with E-state index in [1.165, 1.54) is 4.90 Å². The Balaban J connectivity index is 2.24. The van der Waals surface area contributed by atoms with Gasteiger partial charge in [-0.3, -0.25) is 9.59 Å². The fourth-order valence-electron chi connectivity index (χ4n) is 2.40. The minimum absolute atomic E-state index is 0.0530. The van der Waals surface area contributed by atoms with Gasteiger partial charge >= 0.3 is 0 Å². The van der Waals surface area contributed by atoms with Crippen LogP contribution < -0.4 is 14.8 Å². The van der Waals surface area contributed by atoms with E-state index in [1.54, 1.807) is 40.2 Å². The first-order chi connectivity index (χ1) is 9.87. The van der Waals surface area contributed by atoms with Gasteiger partial charge in [-0.1, -0.05) is 0 Å². The molecule has 0 aromatic heterocycles. The molecule has 6 nitrogen and oxygen atoms in total. The lowest BCUT2D eigenvalue weighted by Crippen LogP contribution is -2.63. The summed E-state index contributed by atoms with van der Waals surface area (Å²) in [6, 6.07) is 5.40. The van der Waals surface area contributed by atoms with E-state index in [1.807, 2.05) is 6.07 Å². The molecule has 1 aromatic rings. The topological polar surface area (TPSA) is 67.9 Å². The van der Waals surface area contributed by atoms with Crippen LogP contribution in [0.15, 0.2) is 18.2 Å². The Morgan fingerprint density at radius 2 is 1.95 bits per heavy atom. The lowest BCUT2D eigenvalue weighted by Gasteiger charge is -2.37. The summed E-state index contributed by atoms with van der Waals surface area (Å²) in [4.78, 5) is 25.6. The third-order valence-corrected chi connectivity index (χ3v) is 3.46. The first-order valence-corrected chi connectivity index (χ1v) is 6.68. The van der Waals surface area contributed by atoms with Gasteiger partial charge in [0.05, 0.1) is 20.8 Å². The second-order valence-electron chi connectivity index (χ2n) is 5.51. The highest BCUT2D eigenvalue weighted by atomic mass is 16.5. The number of carbonyl (C=O) groups is 2. The highest BCUT2D eigenvalue weighted by Crippen LogP contribution is 2.27. The number of hydrogen-bond acceptors (Lipinski definition) is 4. The van der Waals surface area contributed by atoms with E-state index in [9.17, 15) is 9.59 Å². The van der Waals surface area contributed by atoms with Gasteiger partial charge < -0.3 is 19.7 Å². The molecule has 0 unspecified atom stereocenters. The number of benzene rings is 1. The minimum Gasteiger partial charge on any atom is -0.497 e. The summed E-state index contributed by atoms with van der Waals surface area (Å²) >= 11 is 0. The van der Waals surface area contributed by atoms with Crippen molar-refractivity contribution in [3.8, 4) is 11.5 Å². The number of piperazine rings is 1. The molecule has 0 atom stereocenters. The van der Waals surface area contributed by atoms with Crippen molar-refractivity contribution in [1.29, 1.82) is 0 Å². The number of carbonyl (C=O) groups excluding carboxylic acids is 2. The molecule has 1 fully saturated rings. The van der Waals surface area contributed by atoms with Gasteiger partial charge in [0.2, 0.25) is 11.8 Å². The zero-order chi connectivity index (χ0) is 15.6. The maximum absolute atomic E-state index is 12.4. The highest BCUT2D eigenvalue weighted by Gasteiger charge is 2.39. The summed E-state index contributed by atoms with van der Waals surface area (Å²) in [6.45, 7) is 3.77. The predicted octanol–water partition coefficient (Wildman–Crippen LogP) is 0.941. The van der Waals surface area contributed by atoms with Crippen LogP contribution in [0.5, 0.6) is 11.5 Å². The van der Waals surface area contributed by atoms with Gasteiger partial charge in [0.15, 0.2) is 0 Å². The summed E-state index contributed by atoms with van der Waals surface area (Å²) in [7, 11) is 3.14. The number of methoxy groups -OCH3 is 2. The molecule has 1 saturated heterocycles. The Morgan fingerprint density at radius 3 is 2.57 bits per heavy atom. The molecule has 0 radical (unpaired) electrons. The van der Waals surface area contributed by atoms with Gasteiger partial charge in [-0.15, -0.1) is 0 Å². The van der Waals surface area contributed by atoms with Crippen molar-refractivity contribution < 1.29 is 19.1 Å². The Bertz CT molecular complexity index is 569. The van der Waals surface area contributed by atoms with Crippen LogP contribution in [-0.4, -0.2) is 43.0 Å². The lowest BCUT2D eigenvalue weighted by atomic mass is 10.00. The maximum Gasteiger partial charge on any atom is 0.248 e. The van der Waals surface area contributed by atoms with Crippen LogP contribution >= 0.6 is 0 Å². The van der Waals surface area contributed by atoms with Crippen molar-refractivity contribution in [3.63, 3.8) is 0 Å². The van der Waals surface area contributed by atoms with Crippen molar-refractivity contribution in [1.82, 2.24) is 10.2 Å². The minimum atomic E-state index is -0.880. The fourth-order valence-corrected chi connectivity index (χ4v) is 2.40. The van der Waals surface area contributed by atoms with Crippen molar-refractivity contribution >= 4 is 11.8 Å². The van der Waals surface area contributed by atoms with E-state index >= 15 is 0 Å². The van der Waals surface area contributed by atoms with E-state index in [0.29, 0.717) is 18.0 Å². The first kappa shape index (κ1) is 15.2. The smallest absolute Gasteiger partial charge is 0.248 e. The third kappa shape index (κ3) is 3.09. The van der Waals surface area contributed by atoms with Crippen LogP contribution in [-0.2, 0) is 16.1 Å². The summed E-state index contributed by atoms with van der Waals surface area (Å²) in [5.74, 6) is 1.04. The molecule has 1 N–H and O–H groups in total. The Kier molecular flexibility index (Phi) is 4.06. The molecule has 0 bridgehead atoms. The summed E-state index contributed by atoms with van der Waals surface area (Å²) in [6.07, 6.45) is 0. The average Bonchev–Trinajstić information content (AvgIpc) is 2.44. The van der Waals surface area contributed by atoms with Crippen molar-refractivity contribution in [2.75, 3.05) is 20.8 Å². The van der Waals surface area contributed by atoms with Crippen molar-refractivity contribution in [2.24, 2.45) is 0 Å². The molecule has 2 rings (SSSR count). The predicted molar refractivity (Wildman–Crippen MR) is 77.2 cm³/mol. The molecule has 1 aromatic carbocycles. The Labute approximate surface area is 124 Å². The molecule has 21 heavy (non-hydrogen) atoms. The van der Waals surface area contributed by atoms with Crippen molar-refractivity contribution in [3.05, 3.63) is 23.8 Å². The standard InChI is InChI=1S/C15H20N2O4/c1-15(2)14(19)17(9-13(18)16-15)8-10-5-6-11(20-3)7-12(10)21-4/h5-7H,8-9H2,1-4H3,(H,16,18). The van der Waals surface area contributed by atoms with E-state index in [4.69, 9.17) is 9.47 Å². The molecule has 1 aliphatic rings. The molecule has 0 saturated carbocycles. The van der Waals surface area contributed by atoms with E-state index < -0.39 is 5.54 Å². The number of amides is 2. The number of rotatable bonds is 4. The third-order valence-electron chi connectivity index (χ3n) is 3.46. The molecule has 6 heteroatoms. The number of ether oxygens (including phenoxy) is 2. The molecular formula is C15H20N2O4. The number of nitrogens with one attached hydrogen (secondary N) is 1. The van der Waals surface area contributed by atoms with Crippen LogP contribution in [0, 0.1) is 0 Å². The van der Waals surface area contributed by atoms with Gasteiger partial charge in [-0.25, -0.2) is 0 Å². The summed E-state index contributed by atoms with van der Waals surface area (Å²) in [5, 5.41) is 2.69. The fraction of sp³-hybridized carbons (Fsp3) is 0.467. The van der Waals surface area contributed by atoms with Crippen LogP contribution in [0.1, 0.15) is 19.4 Å². The Hall–Kier alpha value is -2.24. The van der Waals surface area contributed by atoms with Crippen molar-refractivity contribution in [2.45, 2.75) is 25.9 Å². The quantitative estimate of drug-likeness (QED) is 0.897. The zero-order valence-electron chi connectivity index (χ0n) is 12.7. The van der Waals surface area contributed by atoms with E-state index in [2.05, 4.69) is 5.32 Å². The molecule has 2 amide bonds. The van der Waals surface area contributed by atoms with Crippen LogP contribution in [0.3, 0.4) is 0 Å². The van der Waals surface area contributed by atoms with Gasteiger partial charge in [0.25, 0.3) is 0 Å².